The van der Waals surface area contributed by atoms with Crippen molar-refractivity contribution in [2.45, 2.75) is 39.2 Å². The molecule has 0 heterocycles. The maximum absolute atomic E-state index is 5.89. The first-order valence-corrected chi connectivity index (χ1v) is 5.34. The van der Waals surface area contributed by atoms with Crippen LogP contribution in [-0.2, 0) is 0 Å². The maximum Gasteiger partial charge on any atom is 0.0578 e. The number of hydrogen-bond acceptors (Lipinski definition) is 2. The summed E-state index contributed by atoms with van der Waals surface area (Å²) in [7, 11) is 0. The van der Waals surface area contributed by atoms with E-state index in [2.05, 4.69) is 32.0 Å². The third kappa shape index (κ3) is 2.10. The van der Waals surface area contributed by atoms with Crippen LogP contribution in [0.3, 0.4) is 0 Å². The Balaban J connectivity index is 2.75. The second kappa shape index (κ2) is 3.92. The average molecular weight is 194 g/mol. The largest absolute Gasteiger partial charge is 0.329 e. The van der Waals surface area contributed by atoms with Crippen LogP contribution in [0.2, 0.25) is 0 Å². The van der Waals surface area contributed by atoms with Crippen LogP contribution in [-0.4, -0.2) is 18.6 Å². The zero-order chi connectivity index (χ0) is 10.8. The smallest absolute Gasteiger partial charge is 0.0578 e. The van der Waals surface area contributed by atoms with Gasteiger partial charge in [0.25, 0.3) is 0 Å². The number of rotatable bonds is 3. The highest BCUT2D eigenvalue weighted by molar-refractivity contribution is 5.06. The molecular weight excluding hydrogens is 172 g/mol. The second-order valence-electron chi connectivity index (χ2n) is 5.36. The van der Waals surface area contributed by atoms with E-state index in [9.17, 15) is 0 Å². The summed E-state index contributed by atoms with van der Waals surface area (Å²) in [5.74, 6) is 3.24. The van der Waals surface area contributed by atoms with Gasteiger partial charge in [0.05, 0.1) is 6.54 Å². The molecule has 0 radical (unpaired) electrons. The summed E-state index contributed by atoms with van der Waals surface area (Å²) >= 11 is 0. The van der Waals surface area contributed by atoms with Gasteiger partial charge in [0.2, 0.25) is 0 Å². The number of nitrogens with one attached hydrogen (secondary N) is 1. The molecule has 1 rings (SSSR count). The lowest BCUT2D eigenvalue weighted by molar-refractivity contribution is 0.267. The molecule has 2 heteroatoms. The van der Waals surface area contributed by atoms with Gasteiger partial charge in [0, 0.05) is 12.1 Å². The first kappa shape index (κ1) is 11.6. The normalized spacial score (nSPS) is 35.5. The van der Waals surface area contributed by atoms with E-state index in [0.29, 0.717) is 24.4 Å². The SMILES string of the molecule is C#CCNC1(CN)CC(C)(C)CC1C. The van der Waals surface area contributed by atoms with E-state index in [1.165, 1.54) is 6.42 Å². The highest BCUT2D eigenvalue weighted by atomic mass is 15.0. The van der Waals surface area contributed by atoms with E-state index in [0.717, 1.165) is 6.42 Å². The van der Waals surface area contributed by atoms with Crippen molar-refractivity contribution in [2.75, 3.05) is 13.1 Å². The van der Waals surface area contributed by atoms with Crippen LogP contribution < -0.4 is 11.1 Å². The van der Waals surface area contributed by atoms with Gasteiger partial charge in [-0.15, -0.1) is 6.42 Å². The lowest BCUT2D eigenvalue weighted by Gasteiger charge is -2.33. The van der Waals surface area contributed by atoms with Gasteiger partial charge in [-0.05, 0) is 24.2 Å². The molecule has 0 saturated heterocycles. The summed E-state index contributed by atoms with van der Waals surface area (Å²) in [6, 6.07) is 0. The van der Waals surface area contributed by atoms with Crippen molar-refractivity contribution in [2.24, 2.45) is 17.1 Å². The zero-order valence-corrected chi connectivity index (χ0v) is 9.56. The fourth-order valence-corrected chi connectivity index (χ4v) is 2.93. The van der Waals surface area contributed by atoms with Gasteiger partial charge >= 0.3 is 0 Å². The standard InChI is InChI=1S/C12H22N2/c1-5-6-14-12(9-13)8-11(3,4)7-10(12)2/h1,10,14H,6-9,13H2,2-4H3. The Morgan fingerprint density at radius 1 is 1.57 bits per heavy atom. The average Bonchev–Trinajstić information content (AvgIpc) is 2.33. The molecule has 2 atom stereocenters. The molecule has 1 aliphatic rings. The van der Waals surface area contributed by atoms with Crippen LogP contribution >= 0.6 is 0 Å². The maximum atomic E-state index is 5.89. The Hall–Kier alpha value is -0.520. The Kier molecular flexibility index (Phi) is 3.24. The summed E-state index contributed by atoms with van der Waals surface area (Å²) in [6.07, 6.45) is 7.63. The first-order valence-electron chi connectivity index (χ1n) is 5.34. The molecule has 0 aromatic rings. The molecule has 14 heavy (non-hydrogen) atoms. The minimum absolute atomic E-state index is 0.0653. The minimum atomic E-state index is 0.0653. The summed E-state index contributed by atoms with van der Waals surface area (Å²) in [4.78, 5) is 0. The third-order valence-electron chi connectivity index (χ3n) is 3.50. The second-order valence-corrected chi connectivity index (χ2v) is 5.36. The van der Waals surface area contributed by atoms with Crippen LogP contribution in [0.5, 0.6) is 0 Å². The van der Waals surface area contributed by atoms with Gasteiger partial charge in [0.1, 0.15) is 0 Å². The monoisotopic (exact) mass is 194 g/mol. The van der Waals surface area contributed by atoms with Crippen LogP contribution in [0.25, 0.3) is 0 Å². The number of terminal acetylenes is 1. The van der Waals surface area contributed by atoms with Gasteiger partial charge in [-0.25, -0.2) is 0 Å². The van der Waals surface area contributed by atoms with Crippen LogP contribution in [0, 0.1) is 23.7 Å². The molecule has 1 fully saturated rings. The summed E-state index contributed by atoms with van der Waals surface area (Å²) < 4.78 is 0. The molecule has 80 valence electrons. The van der Waals surface area contributed by atoms with E-state index in [4.69, 9.17) is 12.2 Å². The van der Waals surface area contributed by atoms with E-state index in [1.54, 1.807) is 0 Å². The van der Waals surface area contributed by atoms with Gasteiger partial charge in [-0.1, -0.05) is 26.7 Å². The molecular formula is C12H22N2. The van der Waals surface area contributed by atoms with E-state index < -0.39 is 0 Å². The van der Waals surface area contributed by atoms with Crippen LogP contribution in [0.15, 0.2) is 0 Å². The van der Waals surface area contributed by atoms with E-state index in [1.807, 2.05) is 0 Å². The summed E-state index contributed by atoms with van der Waals surface area (Å²) in [5, 5.41) is 3.44. The molecule has 0 amide bonds. The Morgan fingerprint density at radius 2 is 2.21 bits per heavy atom. The highest BCUT2D eigenvalue weighted by Crippen LogP contribution is 2.46. The van der Waals surface area contributed by atoms with Gasteiger partial charge in [-0.3, -0.25) is 5.32 Å². The molecule has 0 aromatic heterocycles. The molecule has 3 N–H and O–H groups in total. The molecule has 1 aliphatic carbocycles. The van der Waals surface area contributed by atoms with E-state index >= 15 is 0 Å². The van der Waals surface area contributed by atoms with Crippen molar-refractivity contribution < 1.29 is 0 Å². The Morgan fingerprint density at radius 3 is 2.57 bits per heavy atom. The molecule has 0 aromatic carbocycles. The Labute approximate surface area is 87.6 Å². The molecule has 0 spiro atoms. The zero-order valence-electron chi connectivity index (χ0n) is 9.56. The van der Waals surface area contributed by atoms with Crippen molar-refractivity contribution in [1.29, 1.82) is 0 Å². The summed E-state index contributed by atoms with van der Waals surface area (Å²) in [6.45, 7) is 8.18. The minimum Gasteiger partial charge on any atom is -0.329 e. The van der Waals surface area contributed by atoms with Crippen molar-refractivity contribution in [3.05, 3.63) is 0 Å². The molecule has 2 nitrogen and oxygen atoms in total. The van der Waals surface area contributed by atoms with Gasteiger partial charge in [0.15, 0.2) is 0 Å². The van der Waals surface area contributed by atoms with Crippen LogP contribution in [0.1, 0.15) is 33.6 Å². The van der Waals surface area contributed by atoms with Gasteiger partial charge < -0.3 is 5.73 Å². The van der Waals surface area contributed by atoms with Crippen LogP contribution in [0.4, 0.5) is 0 Å². The molecule has 1 saturated carbocycles. The number of nitrogens with two attached hydrogens (primary N) is 1. The first-order chi connectivity index (χ1) is 6.46. The molecule has 0 bridgehead atoms. The number of hydrogen-bond donors (Lipinski definition) is 2. The highest BCUT2D eigenvalue weighted by Gasteiger charge is 2.47. The lowest BCUT2D eigenvalue weighted by atomic mass is 9.86. The van der Waals surface area contributed by atoms with Crippen molar-refractivity contribution in [1.82, 2.24) is 5.32 Å². The molecule has 2 unspecified atom stereocenters. The predicted molar refractivity (Wildman–Crippen MR) is 60.8 cm³/mol. The summed E-state index contributed by atoms with van der Waals surface area (Å²) in [5.41, 5.74) is 6.34. The topological polar surface area (TPSA) is 38.0 Å². The lowest BCUT2D eigenvalue weighted by Crippen LogP contribution is -2.53. The van der Waals surface area contributed by atoms with Crippen molar-refractivity contribution >= 4 is 0 Å². The van der Waals surface area contributed by atoms with Gasteiger partial charge in [-0.2, -0.15) is 0 Å². The quantitative estimate of drug-likeness (QED) is 0.666. The fourth-order valence-electron chi connectivity index (χ4n) is 2.93. The van der Waals surface area contributed by atoms with E-state index in [-0.39, 0.29) is 5.54 Å². The molecule has 0 aliphatic heterocycles. The third-order valence-corrected chi connectivity index (χ3v) is 3.50. The predicted octanol–water partition coefficient (Wildman–Crippen LogP) is 1.36. The fraction of sp³-hybridized carbons (Fsp3) is 0.833. The van der Waals surface area contributed by atoms with Crippen molar-refractivity contribution in [3.63, 3.8) is 0 Å². The van der Waals surface area contributed by atoms with Crippen molar-refractivity contribution in [3.8, 4) is 12.3 Å². The Bertz CT molecular complexity index is 239.